The van der Waals surface area contributed by atoms with Gasteiger partial charge in [0.05, 0.1) is 6.61 Å². The van der Waals surface area contributed by atoms with Crippen LogP contribution in [0.1, 0.15) is 39.5 Å². The van der Waals surface area contributed by atoms with Gasteiger partial charge in [0.2, 0.25) is 0 Å². The quantitative estimate of drug-likeness (QED) is 0.560. The molecule has 0 aromatic rings. The van der Waals surface area contributed by atoms with Crippen molar-refractivity contribution in [3.8, 4) is 0 Å². The number of nitrogens with one attached hydrogen (secondary N) is 1. The minimum atomic E-state index is 0.775. The summed E-state index contributed by atoms with van der Waals surface area (Å²) in [5.41, 5.74) is 0. The minimum Gasteiger partial charge on any atom is -0.380 e. The Kier molecular flexibility index (Phi) is 9.94. The van der Waals surface area contributed by atoms with Crippen LogP contribution in [0.5, 0.6) is 0 Å². The van der Waals surface area contributed by atoms with Gasteiger partial charge in [-0.25, -0.2) is 0 Å². The van der Waals surface area contributed by atoms with Gasteiger partial charge < -0.3 is 10.1 Å². The molecule has 2 nitrogen and oxygen atoms in total. The Morgan fingerprint density at radius 2 is 2.08 bits per heavy atom. The zero-order valence-electron chi connectivity index (χ0n) is 9.44. The van der Waals surface area contributed by atoms with Gasteiger partial charge in [0.25, 0.3) is 0 Å². The molecule has 0 aromatic heterocycles. The van der Waals surface area contributed by atoms with Gasteiger partial charge in [-0.05, 0) is 19.4 Å². The molecule has 0 amide bonds. The van der Waals surface area contributed by atoms with Crippen LogP contribution >= 0.6 is 0 Å². The summed E-state index contributed by atoms with van der Waals surface area (Å²) >= 11 is 0. The molecule has 1 atom stereocenters. The lowest BCUT2D eigenvalue weighted by molar-refractivity contribution is 0.0966. The zero-order chi connectivity index (χ0) is 9.94. The summed E-state index contributed by atoms with van der Waals surface area (Å²) in [7, 11) is 1.96. The molecule has 0 fully saturated rings. The molecule has 0 rings (SSSR count). The lowest BCUT2D eigenvalue weighted by atomic mass is 10.0. The van der Waals surface area contributed by atoms with Crippen LogP contribution in [0.25, 0.3) is 0 Å². The molecule has 0 aliphatic carbocycles. The zero-order valence-corrected chi connectivity index (χ0v) is 9.44. The first kappa shape index (κ1) is 12.9. The van der Waals surface area contributed by atoms with Gasteiger partial charge in [0.1, 0.15) is 0 Å². The van der Waals surface area contributed by atoms with Crippen LogP contribution in [0.4, 0.5) is 0 Å². The van der Waals surface area contributed by atoms with Crippen molar-refractivity contribution >= 4 is 0 Å². The molecule has 0 aliphatic heterocycles. The Morgan fingerprint density at radius 3 is 2.62 bits per heavy atom. The fourth-order valence-electron chi connectivity index (χ4n) is 1.32. The van der Waals surface area contributed by atoms with E-state index in [1.807, 2.05) is 7.05 Å². The molecular weight excluding hydrogens is 162 g/mol. The molecule has 80 valence electrons. The number of ether oxygens (including phenoxy) is 1. The first-order valence-corrected chi connectivity index (χ1v) is 5.57. The number of rotatable bonds is 9. The van der Waals surface area contributed by atoms with Gasteiger partial charge in [-0.3, -0.25) is 0 Å². The van der Waals surface area contributed by atoms with Crippen molar-refractivity contribution in [1.82, 2.24) is 5.32 Å². The molecule has 13 heavy (non-hydrogen) atoms. The monoisotopic (exact) mass is 187 g/mol. The van der Waals surface area contributed by atoms with E-state index in [0.717, 1.165) is 25.7 Å². The highest BCUT2D eigenvalue weighted by molar-refractivity contribution is 4.55. The van der Waals surface area contributed by atoms with Crippen LogP contribution in [-0.2, 0) is 4.74 Å². The summed E-state index contributed by atoms with van der Waals surface area (Å²) in [6, 6.07) is 0. The average molecular weight is 187 g/mol. The summed E-state index contributed by atoms with van der Waals surface area (Å²) < 4.78 is 5.56. The summed E-state index contributed by atoms with van der Waals surface area (Å²) in [5, 5.41) is 3.08. The molecule has 0 aromatic carbocycles. The van der Waals surface area contributed by atoms with Crippen molar-refractivity contribution in [2.24, 2.45) is 5.92 Å². The molecule has 0 aliphatic rings. The predicted octanol–water partition coefficient (Wildman–Crippen LogP) is 2.44. The lowest BCUT2D eigenvalue weighted by Gasteiger charge is -2.14. The standard InChI is InChI=1S/C11H25NO/c1-4-6-7-11(5-2)10-13-9-8-12-3/h11-12H,4-10H2,1-3H3. The summed E-state index contributed by atoms with van der Waals surface area (Å²) in [4.78, 5) is 0. The van der Waals surface area contributed by atoms with Crippen molar-refractivity contribution in [2.45, 2.75) is 39.5 Å². The van der Waals surface area contributed by atoms with Crippen molar-refractivity contribution in [2.75, 3.05) is 26.8 Å². The normalized spacial score (nSPS) is 13.2. The van der Waals surface area contributed by atoms with Gasteiger partial charge in [-0.1, -0.05) is 33.1 Å². The summed E-state index contributed by atoms with van der Waals surface area (Å²) in [5.74, 6) is 0.775. The first-order chi connectivity index (χ1) is 6.35. The molecule has 0 bridgehead atoms. The molecular formula is C11H25NO. The number of hydrogen-bond acceptors (Lipinski definition) is 2. The number of hydrogen-bond donors (Lipinski definition) is 1. The molecule has 0 saturated heterocycles. The highest BCUT2D eigenvalue weighted by Gasteiger charge is 2.04. The number of unbranched alkanes of at least 4 members (excludes halogenated alkanes) is 1. The van der Waals surface area contributed by atoms with Gasteiger partial charge in [0, 0.05) is 13.2 Å². The molecule has 1 unspecified atom stereocenters. The maximum Gasteiger partial charge on any atom is 0.0590 e. The molecule has 0 spiro atoms. The highest BCUT2D eigenvalue weighted by Crippen LogP contribution is 2.12. The number of likely N-dealkylation sites (N-methyl/N-ethyl adjacent to an activating group) is 1. The summed E-state index contributed by atoms with van der Waals surface area (Å²) in [6.07, 6.45) is 5.22. The van der Waals surface area contributed by atoms with Crippen LogP contribution < -0.4 is 5.32 Å². The Balaban J connectivity index is 3.25. The smallest absolute Gasteiger partial charge is 0.0590 e. The van der Waals surface area contributed by atoms with E-state index in [2.05, 4.69) is 19.2 Å². The maximum absolute atomic E-state index is 5.56. The second-order valence-corrected chi connectivity index (χ2v) is 3.59. The van der Waals surface area contributed by atoms with Gasteiger partial charge in [-0.2, -0.15) is 0 Å². The largest absolute Gasteiger partial charge is 0.380 e. The average Bonchev–Trinajstić information content (AvgIpc) is 2.17. The highest BCUT2D eigenvalue weighted by atomic mass is 16.5. The maximum atomic E-state index is 5.56. The van der Waals surface area contributed by atoms with E-state index in [1.165, 1.54) is 25.7 Å². The molecule has 0 saturated carbocycles. The Labute approximate surface area is 83.1 Å². The van der Waals surface area contributed by atoms with E-state index in [1.54, 1.807) is 0 Å². The van der Waals surface area contributed by atoms with E-state index < -0.39 is 0 Å². The Hall–Kier alpha value is -0.0800. The van der Waals surface area contributed by atoms with Crippen LogP contribution in [0.3, 0.4) is 0 Å². The predicted molar refractivity (Wildman–Crippen MR) is 58.1 cm³/mol. The molecule has 2 heteroatoms. The third-order valence-corrected chi connectivity index (χ3v) is 2.39. The lowest BCUT2D eigenvalue weighted by Crippen LogP contribution is -2.17. The van der Waals surface area contributed by atoms with Crippen LogP contribution in [0.2, 0.25) is 0 Å². The van der Waals surface area contributed by atoms with E-state index >= 15 is 0 Å². The second kappa shape index (κ2) is 10.0. The van der Waals surface area contributed by atoms with Crippen molar-refractivity contribution in [3.05, 3.63) is 0 Å². The van der Waals surface area contributed by atoms with Crippen molar-refractivity contribution < 1.29 is 4.74 Å². The van der Waals surface area contributed by atoms with Crippen LogP contribution in [-0.4, -0.2) is 26.8 Å². The molecule has 0 heterocycles. The second-order valence-electron chi connectivity index (χ2n) is 3.59. The topological polar surface area (TPSA) is 21.3 Å². The Morgan fingerprint density at radius 1 is 1.31 bits per heavy atom. The minimum absolute atomic E-state index is 0.775. The van der Waals surface area contributed by atoms with Gasteiger partial charge in [-0.15, -0.1) is 0 Å². The van der Waals surface area contributed by atoms with Crippen LogP contribution in [0, 0.1) is 5.92 Å². The van der Waals surface area contributed by atoms with Crippen molar-refractivity contribution in [3.63, 3.8) is 0 Å². The van der Waals surface area contributed by atoms with E-state index in [-0.39, 0.29) is 0 Å². The summed E-state index contributed by atoms with van der Waals surface area (Å²) in [6.45, 7) is 7.25. The molecule has 1 N–H and O–H groups in total. The molecule has 0 radical (unpaired) electrons. The van der Waals surface area contributed by atoms with E-state index in [0.29, 0.717) is 0 Å². The van der Waals surface area contributed by atoms with E-state index in [4.69, 9.17) is 4.74 Å². The third kappa shape index (κ3) is 8.26. The van der Waals surface area contributed by atoms with E-state index in [9.17, 15) is 0 Å². The fourth-order valence-corrected chi connectivity index (χ4v) is 1.32. The van der Waals surface area contributed by atoms with Gasteiger partial charge >= 0.3 is 0 Å². The fraction of sp³-hybridized carbons (Fsp3) is 1.00. The van der Waals surface area contributed by atoms with Gasteiger partial charge in [0.15, 0.2) is 0 Å². The third-order valence-electron chi connectivity index (χ3n) is 2.39. The Bertz CT molecular complexity index is 96.1. The van der Waals surface area contributed by atoms with Crippen molar-refractivity contribution in [1.29, 1.82) is 0 Å². The first-order valence-electron chi connectivity index (χ1n) is 5.57. The van der Waals surface area contributed by atoms with Crippen LogP contribution in [0.15, 0.2) is 0 Å². The SMILES string of the molecule is CCCCC(CC)COCCNC.